The Kier molecular flexibility index (Phi) is 5.40. The molecule has 1 fully saturated rings. The largest absolute Gasteiger partial charge is 0.416 e. The predicted octanol–water partition coefficient (Wildman–Crippen LogP) is 2.80. The van der Waals surface area contributed by atoms with Gasteiger partial charge in [-0.2, -0.15) is 18.4 Å². The molecule has 1 aromatic carbocycles. The summed E-state index contributed by atoms with van der Waals surface area (Å²) in [4.78, 5) is 0. The number of nitriles is 1. The van der Waals surface area contributed by atoms with E-state index in [1.165, 1.54) is 10.4 Å². The molecular weight excluding hydrogens is 343 g/mol. The molecule has 1 aliphatic heterocycles. The lowest BCUT2D eigenvalue weighted by Crippen LogP contribution is -2.43. The molecule has 132 valence electrons. The van der Waals surface area contributed by atoms with Gasteiger partial charge in [-0.15, -0.1) is 0 Å². The van der Waals surface area contributed by atoms with E-state index in [9.17, 15) is 21.6 Å². The quantitative estimate of drug-likeness (QED) is 0.895. The van der Waals surface area contributed by atoms with Crippen LogP contribution in [-0.4, -0.2) is 37.6 Å². The van der Waals surface area contributed by atoms with Crippen molar-refractivity contribution in [2.24, 2.45) is 0 Å². The minimum absolute atomic E-state index is 0.0442. The number of benzene rings is 1. The van der Waals surface area contributed by atoms with Crippen molar-refractivity contribution in [3.63, 3.8) is 0 Å². The van der Waals surface area contributed by atoms with Gasteiger partial charge in [0, 0.05) is 19.1 Å². The summed E-state index contributed by atoms with van der Waals surface area (Å²) in [5.74, 6) is 0.0442. The van der Waals surface area contributed by atoms with E-state index >= 15 is 0 Å². The van der Waals surface area contributed by atoms with Gasteiger partial charge >= 0.3 is 6.18 Å². The van der Waals surface area contributed by atoms with Crippen molar-refractivity contribution in [2.75, 3.05) is 24.2 Å². The topological polar surface area (TPSA) is 73.2 Å². The second-order valence-electron chi connectivity index (χ2n) is 5.59. The molecule has 0 radical (unpaired) electrons. The highest BCUT2D eigenvalue weighted by Gasteiger charge is 2.31. The van der Waals surface area contributed by atoms with Crippen molar-refractivity contribution >= 4 is 15.7 Å². The first-order chi connectivity index (χ1) is 11.2. The Morgan fingerprint density at radius 3 is 2.46 bits per heavy atom. The van der Waals surface area contributed by atoms with Gasteiger partial charge in [-0.25, -0.2) is 12.7 Å². The number of anilines is 1. The van der Waals surface area contributed by atoms with Gasteiger partial charge in [0.15, 0.2) is 0 Å². The maximum absolute atomic E-state index is 12.7. The lowest BCUT2D eigenvalue weighted by Gasteiger charge is -2.32. The average molecular weight is 361 g/mol. The molecule has 5 nitrogen and oxygen atoms in total. The van der Waals surface area contributed by atoms with Crippen LogP contribution in [-0.2, 0) is 16.2 Å². The molecule has 2 rings (SSSR count). The summed E-state index contributed by atoms with van der Waals surface area (Å²) in [6, 6.07) is 4.68. The molecule has 9 heteroatoms. The summed E-state index contributed by atoms with van der Waals surface area (Å²) in [5.41, 5.74) is -0.607. The highest BCUT2D eigenvalue weighted by Crippen LogP contribution is 2.32. The van der Waals surface area contributed by atoms with Crippen LogP contribution < -0.4 is 5.32 Å². The second kappa shape index (κ2) is 6.99. The van der Waals surface area contributed by atoms with E-state index in [-0.39, 0.29) is 17.4 Å². The smallest absolute Gasteiger partial charge is 0.381 e. The molecule has 0 aromatic heterocycles. The highest BCUT2D eigenvalue weighted by atomic mass is 32.2. The Bertz CT molecular complexity index is 733. The number of nitrogens with zero attached hydrogens (tertiary/aromatic N) is 2. The SMILES string of the molecule is CCS(=O)(=O)N1CCC(Nc2ccc(C(F)(F)F)cc2C#N)CC1. The van der Waals surface area contributed by atoms with Crippen molar-refractivity contribution in [1.82, 2.24) is 4.31 Å². The van der Waals surface area contributed by atoms with Crippen LogP contribution in [0.15, 0.2) is 18.2 Å². The Hall–Kier alpha value is -1.79. The molecule has 24 heavy (non-hydrogen) atoms. The second-order valence-corrected chi connectivity index (χ2v) is 7.85. The number of rotatable bonds is 4. The van der Waals surface area contributed by atoms with E-state index in [4.69, 9.17) is 5.26 Å². The zero-order valence-electron chi connectivity index (χ0n) is 13.1. The number of sulfonamides is 1. The minimum Gasteiger partial charge on any atom is -0.381 e. The van der Waals surface area contributed by atoms with Crippen LogP contribution in [0.1, 0.15) is 30.9 Å². The van der Waals surface area contributed by atoms with Gasteiger partial charge in [0.2, 0.25) is 10.0 Å². The fourth-order valence-corrected chi connectivity index (χ4v) is 3.75. The normalized spacial score (nSPS) is 17.5. The molecule has 1 saturated heterocycles. The number of hydrogen-bond acceptors (Lipinski definition) is 4. The summed E-state index contributed by atoms with van der Waals surface area (Å²) in [7, 11) is -3.22. The van der Waals surface area contributed by atoms with E-state index in [0.29, 0.717) is 31.6 Å². The van der Waals surface area contributed by atoms with Gasteiger partial charge in [0.25, 0.3) is 0 Å². The summed E-state index contributed by atoms with van der Waals surface area (Å²) < 4.78 is 63.1. The molecule has 1 N–H and O–H groups in total. The first kappa shape index (κ1) is 18.5. The molecule has 0 atom stereocenters. The van der Waals surface area contributed by atoms with Crippen molar-refractivity contribution in [2.45, 2.75) is 32.0 Å². The molecule has 0 aliphatic carbocycles. The maximum Gasteiger partial charge on any atom is 0.416 e. The van der Waals surface area contributed by atoms with Crippen molar-refractivity contribution in [1.29, 1.82) is 5.26 Å². The van der Waals surface area contributed by atoms with Crippen LogP contribution in [0.25, 0.3) is 0 Å². The summed E-state index contributed by atoms with van der Waals surface area (Å²) >= 11 is 0. The Labute approximate surface area is 139 Å². The molecule has 0 saturated carbocycles. The number of alkyl halides is 3. The molecule has 0 bridgehead atoms. The van der Waals surface area contributed by atoms with Gasteiger partial charge in [-0.05, 0) is 38.0 Å². The Morgan fingerprint density at radius 1 is 1.33 bits per heavy atom. The lowest BCUT2D eigenvalue weighted by atomic mass is 10.0. The average Bonchev–Trinajstić information content (AvgIpc) is 2.54. The molecule has 0 amide bonds. The van der Waals surface area contributed by atoms with E-state index in [0.717, 1.165) is 12.1 Å². The summed E-state index contributed by atoms with van der Waals surface area (Å²) in [6.07, 6.45) is -3.43. The summed E-state index contributed by atoms with van der Waals surface area (Å²) in [5, 5.41) is 12.1. The molecular formula is C15H18F3N3O2S. The third-order valence-corrected chi connectivity index (χ3v) is 5.92. The van der Waals surface area contributed by atoms with Crippen LogP contribution in [0.3, 0.4) is 0 Å². The monoisotopic (exact) mass is 361 g/mol. The molecule has 1 heterocycles. The molecule has 1 aliphatic rings. The maximum atomic E-state index is 12.7. The molecule has 0 spiro atoms. The number of piperidine rings is 1. The first-order valence-electron chi connectivity index (χ1n) is 7.53. The standard InChI is InChI=1S/C15H18F3N3O2S/c1-2-24(22,23)21-7-5-13(6-8-21)20-14-4-3-12(15(16,17)18)9-11(14)10-19/h3-4,9,13,20H,2,5-8H2,1H3. The van der Waals surface area contributed by atoms with Gasteiger partial charge in [-0.1, -0.05) is 0 Å². The fraction of sp³-hybridized carbons (Fsp3) is 0.533. The van der Waals surface area contributed by atoms with Crippen LogP contribution in [0.4, 0.5) is 18.9 Å². The van der Waals surface area contributed by atoms with Crippen LogP contribution in [0.2, 0.25) is 0 Å². The molecule has 1 aromatic rings. The summed E-state index contributed by atoms with van der Waals surface area (Å²) in [6.45, 7) is 2.30. The fourth-order valence-electron chi connectivity index (χ4n) is 2.62. The van der Waals surface area contributed by atoms with Gasteiger partial charge in [0.05, 0.1) is 22.6 Å². The van der Waals surface area contributed by atoms with Gasteiger partial charge in [-0.3, -0.25) is 0 Å². The zero-order chi connectivity index (χ0) is 18.0. The first-order valence-corrected chi connectivity index (χ1v) is 9.14. The van der Waals surface area contributed by atoms with E-state index in [2.05, 4.69) is 5.32 Å². The third kappa shape index (κ3) is 4.19. The third-order valence-electron chi connectivity index (χ3n) is 4.04. The minimum atomic E-state index is -4.50. The number of halogens is 3. The highest BCUT2D eigenvalue weighted by molar-refractivity contribution is 7.89. The van der Waals surface area contributed by atoms with E-state index < -0.39 is 21.8 Å². The predicted molar refractivity (Wildman–Crippen MR) is 83.8 cm³/mol. The van der Waals surface area contributed by atoms with E-state index in [1.807, 2.05) is 0 Å². The van der Waals surface area contributed by atoms with Crippen molar-refractivity contribution < 1.29 is 21.6 Å². The van der Waals surface area contributed by atoms with Crippen LogP contribution in [0.5, 0.6) is 0 Å². The molecule has 0 unspecified atom stereocenters. The van der Waals surface area contributed by atoms with Gasteiger partial charge in [0.1, 0.15) is 6.07 Å². The van der Waals surface area contributed by atoms with Crippen LogP contribution >= 0.6 is 0 Å². The van der Waals surface area contributed by atoms with Crippen molar-refractivity contribution in [3.05, 3.63) is 29.3 Å². The van der Waals surface area contributed by atoms with Gasteiger partial charge < -0.3 is 5.32 Å². The number of nitrogens with one attached hydrogen (secondary N) is 1. The lowest BCUT2D eigenvalue weighted by molar-refractivity contribution is -0.137. The van der Waals surface area contributed by atoms with Crippen molar-refractivity contribution in [3.8, 4) is 6.07 Å². The Morgan fingerprint density at radius 2 is 1.96 bits per heavy atom. The number of hydrogen-bond donors (Lipinski definition) is 1. The zero-order valence-corrected chi connectivity index (χ0v) is 13.9. The van der Waals surface area contributed by atoms with E-state index in [1.54, 1.807) is 13.0 Å². The van der Waals surface area contributed by atoms with Crippen LogP contribution in [0, 0.1) is 11.3 Å². The Balaban J connectivity index is 2.07.